The zero-order valence-corrected chi connectivity index (χ0v) is 11.6. The number of benzene rings is 1. The molecule has 0 aromatic heterocycles. The number of anilines is 1. The van der Waals surface area contributed by atoms with Gasteiger partial charge in [0.15, 0.2) is 0 Å². The molecule has 1 saturated heterocycles. The molecule has 1 aromatic rings. The zero-order valence-electron chi connectivity index (χ0n) is 11.6. The molecular weight excluding hydrogens is 278 g/mol. The lowest BCUT2D eigenvalue weighted by atomic mass is 10.0. The average molecular weight is 293 g/mol. The summed E-state index contributed by atoms with van der Waals surface area (Å²) in [6, 6.07) is 3.23. The highest BCUT2D eigenvalue weighted by Gasteiger charge is 2.38. The predicted octanol–water partition coefficient (Wildman–Crippen LogP) is 2.06. The Balaban J connectivity index is 2.58. The Morgan fingerprint density at radius 3 is 2.48 bits per heavy atom. The van der Waals surface area contributed by atoms with E-state index in [1.54, 1.807) is 0 Å². The number of aromatic carboxylic acids is 2. The van der Waals surface area contributed by atoms with E-state index in [2.05, 4.69) is 0 Å². The van der Waals surface area contributed by atoms with Gasteiger partial charge in [0.1, 0.15) is 6.61 Å². The van der Waals surface area contributed by atoms with Crippen molar-refractivity contribution in [3.8, 4) is 0 Å². The van der Waals surface area contributed by atoms with Crippen LogP contribution in [0, 0.1) is 5.92 Å². The number of carboxylic acid groups (broad SMARTS) is 2. The van der Waals surface area contributed by atoms with E-state index in [-0.39, 0.29) is 35.4 Å². The minimum Gasteiger partial charge on any atom is -0.478 e. The molecule has 0 saturated carbocycles. The summed E-state index contributed by atoms with van der Waals surface area (Å²) in [4.78, 5) is 35.5. The van der Waals surface area contributed by atoms with Crippen LogP contribution in [0.3, 0.4) is 0 Å². The number of carboxylic acids is 2. The van der Waals surface area contributed by atoms with Crippen LogP contribution in [-0.4, -0.2) is 40.9 Å². The summed E-state index contributed by atoms with van der Waals surface area (Å²) >= 11 is 0. The highest BCUT2D eigenvalue weighted by molar-refractivity contribution is 6.03. The van der Waals surface area contributed by atoms with Crippen LogP contribution in [0.15, 0.2) is 18.2 Å². The number of hydrogen-bond acceptors (Lipinski definition) is 4. The molecule has 7 heteroatoms. The topological polar surface area (TPSA) is 104 Å². The molecule has 1 heterocycles. The van der Waals surface area contributed by atoms with Crippen LogP contribution in [0.1, 0.15) is 34.6 Å². The number of nitrogens with zero attached hydrogens (tertiary/aromatic N) is 1. The summed E-state index contributed by atoms with van der Waals surface area (Å²) in [5, 5.41) is 18.3. The van der Waals surface area contributed by atoms with Crippen LogP contribution < -0.4 is 4.90 Å². The molecular formula is C14H15NO6. The molecule has 2 N–H and O–H groups in total. The van der Waals surface area contributed by atoms with Crippen molar-refractivity contribution in [1.82, 2.24) is 0 Å². The van der Waals surface area contributed by atoms with Gasteiger partial charge in [-0.3, -0.25) is 4.90 Å². The molecule has 0 spiro atoms. The summed E-state index contributed by atoms with van der Waals surface area (Å²) in [7, 11) is 0. The molecule has 0 bridgehead atoms. The van der Waals surface area contributed by atoms with Crippen LogP contribution in [0.2, 0.25) is 0 Å². The van der Waals surface area contributed by atoms with Crippen molar-refractivity contribution in [1.29, 1.82) is 0 Å². The Morgan fingerprint density at radius 2 is 1.95 bits per heavy atom. The van der Waals surface area contributed by atoms with E-state index in [4.69, 9.17) is 9.84 Å². The normalized spacial score (nSPS) is 18.0. The lowest BCUT2D eigenvalue weighted by Crippen LogP contribution is -2.38. The highest BCUT2D eigenvalue weighted by atomic mass is 16.6. The van der Waals surface area contributed by atoms with Gasteiger partial charge in [0.05, 0.1) is 22.9 Å². The first-order valence-electron chi connectivity index (χ1n) is 6.39. The fourth-order valence-corrected chi connectivity index (χ4v) is 2.25. The van der Waals surface area contributed by atoms with E-state index in [0.717, 1.165) is 0 Å². The second kappa shape index (κ2) is 5.43. The molecule has 1 atom stereocenters. The molecule has 7 nitrogen and oxygen atoms in total. The molecule has 112 valence electrons. The number of carbonyl (C=O) groups excluding carboxylic acids is 1. The number of cyclic esters (lactones) is 1. The summed E-state index contributed by atoms with van der Waals surface area (Å²) in [5.74, 6) is -2.39. The molecule has 1 fully saturated rings. The third-order valence-corrected chi connectivity index (χ3v) is 3.41. The van der Waals surface area contributed by atoms with Crippen LogP contribution >= 0.6 is 0 Å². The number of amides is 1. The summed E-state index contributed by atoms with van der Waals surface area (Å²) in [5.41, 5.74) is -0.176. The van der Waals surface area contributed by atoms with Crippen LogP contribution in [0.25, 0.3) is 0 Å². The monoisotopic (exact) mass is 293 g/mol. The van der Waals surface area contributed by atoms with E-state index < -0.39 is 18.0 Å². The first-order chi connectivity index (χ1) is 9.82. The van der Waals surface area contributed by atoms with Crippen molar-refractivity contribution in [2.24, 2.45) is 5.92 Å². The smallest absolute Gasteiger partial charge is 0.414 e. The van der Waals surface area contributed by atoms with E-state index in [1.807, 2.05) is 13.8 Å². The van der Waals surface area contributed by atoms with Crippen molar-refractivity contribution in [3.05, 3.63) is 29.3 Å². The van der Waals surface area contributed by atoms with Gasteiger partial charge in [-0.1, -0.05) is 13.8 Å². The minimum absolute atomic E-state index is 0.0339. The summed E-state index contributed by atoms with van der Waals surface area (Å²) < 4.78 is 4.98. The molecule has 1 aromatic carbocycles. The van der Waals surface area contributed by atoms with Crippen LogP contribution in [0.5, 0.6) is 0 Å². The molecule has 1 amide bonds. The second-order valence-electron chi connectivity index (χ2n) is 5.10. The maximum Gasteiger partial charge on any atom is 0.414 e. The first-order valence-corrected chi connectivity index (χ1v) is 6.39. The lowest BCUT2D eigenvalue weighted by molar-refractivity contribution is 0.0681. The van der Waals surface area contributed by atoms with Gasteiger partial charge in [-0.05, 0) is 24.1 Å². The summed E-state index contributed by atoms with van der Waals surface area (Å²) in [6.45, 7) is 3.90. The molecule has 2 rings (SSSR count). The molecule has 0 radical (unpaired) electrons. The average Bonchev–Trinajstić information content (AvgIpc) is 2.79. The Bertz CT molecular complexity index is 609. The van der Waals surface area contributed by atoms with Crippen molar-refractivity contribution in [3.63, 3.8) is 0 Å². The number of carbonyl (C=O) groups is 3. The van der Waals surface area contributed by atoms with Crippen LogP contribution in [-0.2, 0) is 4.74 Å². The number of hydrogen-bond donors (Lipinski definition) is 2. The molecule has 0 aliphatic carbocycles. The number of ether oxygens (including phenoxy) is 1. The standard InChI is InChI=1S/C14H15NO6/c1-7(2)11-6-21-14(20)15(11)10-5-8(12(16)17)3-4-9(10)13(18)19/h3-5,7,11H,6H2,1-2H3,(H,16,17)(H,18,19)/t11-/m1/s1. The third-order valence-electron chi connectivity index (χ3n) is 3.41. The van der Waals surface area contributed by atoms with Crippen molar-refractivity contribution in [2.75, 3.05) is 11.5 Å². The molecule has 21 heavy (non-hydrogen) atoms. The van der Waals surface area contributed by atoms with Gasteiger partial charge in [-0.15, -0.1) is 0 Å². The highest BCUT2D eigenvalue weighted by Crippen LogP contribution is 2.31. The van der Waals surface area contributed by atoms with Gasteiger partial charge >= 0.3 is 18.0 Å². The fraction of sp³-hybridized carbons (Fsp3) is 0.357. The van der Waals surface area contributed by atoms with Gasteiger partial charge in [-0.2, -0.15) is 0 Å². The maximum absolute atomic E-state index is 11.9. The van der Waals surface area contributed by atoms with Gasteiger partial charge in [0, 0.05) is 0 Å². The first kappa shape index (κ1) is 14.8. The van der Waals surface area contributed by atoms with Crippen molar-refractivity contribution < 1.29 is 29.3 Å². The molecule has 0 unspecified atom stereocenters. The van der Waals surface area contributed by atoms with Crippen molar-refractivity contribution in [2.45, 2.75) is 19.9 Å². The number of rotatable bonds is 4. The van der Waals surface area contributed by atoms with E-state index in [0.29, 0.717) is 0 Å². The minimum atomic E-state index is -1.23. The maximum atomic E-state index is 11.9. The Hall–Kier alpha value is -2.57. The molecule has 1 aliphatic heterocycles. The second-order valence-corrected chi connectivity index (χ2v) is 5.10. The van der Waals surface area contributed by atoms with Gasteiger partial charge in [0.25, 0.3) is 0 Å². The van der Waals surface area contributed by atoms with Crippen LogP contribution in [0.4, 0.5) is 10.5 Å². The third kappa shape index (κ3) is 2.67. The fourth-order valence-electron chi connectivity index (χ4n) is 2.25. The Morgan fingerprint density at radius 1 is 1.29 bits per heavy atom. The van der Waals surface area contributed by atoms with Crippen molar-refractivity contribution >= 4 is 23.7 Å². The molecule has 1 aliphatic rings. The summed E-state index contributed by atoms with van der Waals surface area (Å²) in [6.07, 6.45) is -0.668. The lowest BCUT2D eigenvalue weighted by Gasteiger charge is -2.25. The van der Waals surface area contributed by atoms with Gasteiger partial charge < -0.3 is 14.9 Å². The van der Waals surface area contributed by atoms with E-state index in [1.165, 1.54) is 23.1 Å². The van der Waals surface area contributed by atoms with E-state index in [9.17, 15) is 19.5 Å². The Kier molecular flexibility index (Phi) is 3.84. The largest absolute Gasteiger partial charge is 0.478 e. The SMILES string of the molecule is CC(C)[C@H]1COC(=O)N1c1cc(C(=O)O)ccc1C(=O)O. The Labute approximate surface area is 120 Å². The van der Waals surface area contributed by atoms with E-state index >= 15 is 0 Å². The van der Waals surface area contributed by atoms with Gasteiger partial charge in [0.2, 0.25) is 0 Å². The quantitative estimate of drug-likeness (QED) is 0.880. The zero-order chi connectivity index (χ0) is 15.7. The van der Waals surface area contributed by atoms with Gasteiger partial charge in [-0.25, -0.2) is 14.4 Å². The predicted molar refractivity (Wildman–Crippen MR) is 72.8 cm³/mol.